The Balaban J connectivity index is 1.92. The quantitative estimate of drug-likeness (QED) is 0.639. The first-order valence-electron chi connectivity index (χ1n) is 7.30. The highest BCUT2D eigenvalue weighted by molar-refractivity contribution is 7.91. The number of sulfonamides is 1. The van der Waals surface area contributed by atoms with E-state index in [1.54, 1.807) is 21.8 Å². The Bertz CT molecular complexity index is 618. The van der Waals surface area contributed by atoms with Gasteiger partial charge in [-0.2, -0.15) is 4.31 Å². The van der Waals surface area contributed by atoms with E-state index >= 15 is 0 Å². The number of nitrogens with two attached hydrogens (primary N) is 1. The molecule has 6 nitrogen and oxygen atoms in total. The lowest BCUT2D eigenvalue weighted by molar-refractivity contribution is 0.460. The first-order valence-corrected chi connectivity index (χ1v) is 9.62. The molecule has 0 saturated carbocycles. The Hall–Kier alpha value is -1.12. The summed E-state index contributed by atoms with van der Waals surface area (Å²) in [5.41, 5.74) is 5.72. The van der Waals surface area contributed by atoms with Crippen LogP contribution < -0.4 is 11.1 Å². The molecule has 1 fully saturated rings. The maximum absolute atomic E-state index is 12.4. The zero-order valence-corrected chi connectivity index (χ0v) is 14.9. The van der Waals surface area contributed by atoms with Gasteiger partial charge >= 0.3 is 0 Å². The number of hydrogen-bond acceptors (Lipinski definition) is 4. The topological polar surface area (TPSA) is 87.8 Å². The fraction of sp³-hybridized carbons (Fsp3) is 0.643. The third-order valence-corrected chi connectivity index (χ3v) is 6.60. The summed E-state index contributed by atoms with van der Waals surface area (Å²) in [5.74, 6) is 0.627. The Morgan fingerprint density at radius 1 is 1.55 bits per heavy atom. The van der Waals surface area contributed by atoms with Gasteiger partial charge in [0.1, 0.15) is 4.21 Å². The number of nitrogens with zero attached hydrogens (tertiary/aromatic N) is 2. The minimum Gasteiger partial charge on any atom is -0.370 e. The number of guanidine groups is 1. The molecule has 22 heavy (non-hydrogen) atoms. The third kappa shape index (κ3) is 4.44. The highest BCUT2D eigenvalue weighted by Crippen LogP contribution is 2.26. The van der Waals surface area contributed by atoms with E-state index in [0.717, 1.165) is 6.42 Å². The second-order valence-electron chi connectivity index (χ2n) is 6.55. The normalized spacial score (nSPS) is 21.2. The molecule has 1 unspecified atom stereocenters. The average molecular weight is 345 g/mol. The van der Waals surface area contributed by atoms with E-state index in [-0.39, 0.29) is 11.5 Å². The summed E-state index contributed by atoms with van der Waals surface area (Å²) in [6.45, 7) is 7.64. The first kappa shape index (κ1) is 17.2. The van der Waals surface area contributed by atoms with Gasteiger partial charge in [0.2, 0.25) is 0 Å². The molecule has 2 rings (SSSR count). The number of thiophene rings is 1. The molecule has 1 aromatic heterocycles. The largest absolute Gasteiger partial charge is 0.370 e. The highest BCUT2D eigenvalue weighted by atomic mass is 32.2. The molecule has 124 valence electrons. The molecule has 0 radical (unpaired) electrons. The van der Waals surface area contributed by atoms with Crippen molar-refractivity contribution in [3.63, 3.8) is 0 Å². The lowest BCUT2D eigenvalue weighted by Gasteiger charge is -2.21. The van der Waals surface area contributed by atoms with Gasteiger partial charge in [0.15, 0.2) is 5.96 Å². The number of aliphatic imine (C=N–C) groups is 1. The van der Waals surface area contributed by atoms with Gasteiger partial charge in [-0.05, 0) is 44.6 Å². The molecule has 1 aliphatic heterocycles. The monoisotopic (exact) mass is 344 g/mol. The number of rotatable bonds is 4. The predicted molar refractivity (Wildman–Crippen MR) is 90.6 cm³/mol. The summed E-state index contributed by atoms with van der Waals surface area (Å²) in [6, 6.07) is 3.41. The summed E-state index contributed by atoms with van der Waals surface area (Å²) in [6.07, 6.45) is 0.816. The van der Waals surface area contributed by atoms with Crippen LogP contribution >= 0.6 is 11.3 Å². The van der Waals surface area contributed by atoms with Crippen molar-refractivity contribution in [2.45, 2.75) is 36.9 Å². The molecule has 1 aliphatic rings. The zero-order valence-electron chi connectivity index (χ0n) is 13.2. The maximum atomic E-state index is 12.4. The minimum absolute atomic E-state index is 0.127. The van der Waals surface area contributed by atoms with E-state index < -0.39 is 10.0 Å². The molecule has 0 bridgehead atoms. The lowest BCUT2D eigenvalue weighted by atomic mass is 10.1. The summed E-state index contributed by atoms with van der Waals surface area (Å²) in [4.78, 5) is 4.34. The molecule has 0 aliphatic carbocycles. The van der Waals surface area contributed by atoms with Crippen LogP contribution in [0.5, 0.6) is 0 Å². The van der Waals surface area contributed by atoms with Crippen LogP contribution in [0.15, 0.2) is 26.7 Å². The second kappa shape index (κ2) is 6.55. The van der Waals surface area contributed by atoms with E-state index in [9.17, 15) is 8.42 Å². The van der Waals surface area contributed by atoms with Gasteiger partial charge in [0.05, 0.1) is 0 Å². The standard InChI is InChI=1S/C14H24N4O2S2/c1-14(2,3)17-13(15)16-9-11-6-7-18(10-11)22(19,20)12-5-4-8-21-12/h4-5,8,11H,6-7,9-10H2,1-3H3,(H3,15,16,17). The second-order valence-corrected chi connectivity index (χ2v) is 9.66. The lowest BCUT2D eigenvalue weighted by Crippen LogP contribution is -2.45. The van der Waals surface area contributed by atoms with Gasteiger partial charge in [0, 0.05) is 25.2 Å². The van der Waals surface area contributed by atoms with Gasteiger partial charge in [0.25, 0.3) is 10.0 Å². The molecular formula is C14H24N4O2S2. The Morgan fingerprint density at radius 3 is 2.86 bits per heavy atom. The molecule has 1 aromatic rings. The van der Waals surface area contributed by atoms with Gasteiger partial charge < -0.3 is 11.1 Å². The zero-order chi connectivity index (χ0) is 16.4. The Morgan fingerprint density at radius 2 is 2.27 bits per heavy atom. The van der Waals surface area contributed by atoms with E-state index in [1.165, 1.54) is 11.3 Å². The van der Waals surface area contributed by atoms with Crippen LogP contribution in [-0.4, -0.2) is 43.9 Å². The SMILES string of the molecule is CC(C)(C)NC(N)=NCC1CCN(S(=O)(=O)c2cccs2)C1. The van der Waals surface area contributed by atoms with Crippen molar-refractivity contribution in [3.8, 4) is 0 Å². The summed E-state index contributed by atoms with van der Waals surface area (Å²) in [7, 11) is -3.34. The van der Waals surface area contributed by atoms with Crippen molar-refractivity contribution in [2.75, 3.05) is 19.6 Å². The van der Waals surface area contributed by atoms with E-state index in [0.29, 0.717) is 29.8 Å². The van der Waals surface area contributed by atoms with Crippen molar-refractivity contribution >= 4 is 27.3 Å². The van der Waals surface area contributed by atoms with Crippen LogP contribution in [0, 0.1) is 5.92 Å². The summed E-state index contributed by atoms with van der Waals surface area (Å²) >= 11 is 1.26. The van der Waals surface area contributed by atoms with Gasteiger partial charge in [-0.1, -0.05) is 6.07 Å². The fourth-order valence-corrected chi connectivity index (χ4v) is 5.03. The highest BCUT2D eigenvalue weighted by Gasteiger charge is 2.32. The van der Waals surface area contributed by atoms with Crippen LogP contribution in [0.1, 0.15) is 27.2 Å². The number of nitrogens with one attached hydrogen (secondary N) is 1. The molecule has 8 heteroatoms. The first-order chi connectivity index (χ1) is 10.2. The van der Waals surface area contributed by atoms with Crippen LogP contribution in [0.4, 0.5) is 0 Å². The van der Waals surface area contributed by atoms with Crippen LogP contribution in [0.3, 0.4) is 0 Å². The molecule has 1 atom stereocenters. The molecule has 3 N–H and O–H groups in total. The predicted octanol–water partition coefficient (Wildman–Crippen LogP) is 1.46. The smallest absolute Gasteiger partial charge is 0.252 e. The van der Waals surface area contributed by atoms with Crippen molar-refractivity contribution in [2.24, 2.45) is 16.6 Å². The Kier molecular flexibility index (Phi) is 5.14. The van der Waals surface area contributed by atoms with Crippen molar-refractivity contribution in [1.82, 2.24) is 9.62 Å². The van der Waals surface area contributed by atoms with Gasteiger partial charge in [-0.25, -0.2) is 8.42 Å². The molecule has 0 spiro atoms. The molecular weight excluding hydrogens is 320 g/mol. The molecule has 1 saturated heterocycles. The number of hydrogen-bond donors (Lipinski definition) is 2. The van der Waals surface area contributed by atoms with Crippen molar-refractivity contribution in [1.29, 1.82) is 0 Å². The van der Waals surface area contributed by atoms with Crippen LogP contribution in [0.25, 0.3) is 0 Å². The van der Waals surface area contributed by atoms with Crippen molar-refractivity contribution < 1.29 is 8.42 Å². The van der Waals surface area contributed by atoms with E-state index in [4.69, 9.17) is 5.73 Å². The minimum atomic E-state index is -3.34. The third-order valence-electron chi connectivity index (χ3n) is 3.36. The van der Waals surface area contributed by atoms with E-state index in [2.05, 4.69) is 10.3 Å². The Labute approximate surface area is 136 Å². The molecule has 0 amide bonds. The summed E-state index contributed by atoms with van der Waals surface area (Å²) in [5, 5.41) is 4.89. The summed E-state index contributed by atoms with van der Waals surface area (Å²) < 4.78 is 26.8. The molecule has 2 heterocycles. The van der Waals surface area contributed by atoms with Gasteiger partial charge in [-0.3, -0.25) is 4.99 Å². The average Bonchev–Trinajstić information content (AvgIpc) is 3.06. The van der Waals surface area contributed by atoms with Gasteiger partial charge in [-0.15, -0.1) is 11.3 Å². The van der Waals surface area contributed by atoms with Crippen molar-refractivity contribution in [3.05, 3.63) is 17.5 Å². The maximum Gasteiger partial charge on any atom is 0.252 e. The fourth-order valence-electron chi connectivity index (χ4n) is 2.35. The van der Waals surface area contributed by atoms with Crippen LogP contribution in [0.2, 0.25) is 0 Å². The van der Waals surface area contributed by atoms with Crippen LogP contribution in [-0.2, 0) is 10.0 Å². The molecule has 0 aromatic carbocycles. The van der Waals surface area contributed by atoms with E-state index in [1.807, 2.05) is 20.8 Å².